The predicted molar refractivity (Wildman–Crippen MR) is 43.4 cm³/mol. The quantitative estimate of drug-likeness (QED) is 0.596. The van der Waals surface area contributed by atoms with Crippen LogP contribution in [0.15, 0.2) is 0 Å². The molecule has 11 heavy (non-hydrogen) atoms. The number of methoxy groups -OCH3 is 2. The molecule has 0 spiro atoms. The zero-order chi connectivity index (χ0) is 8.27. The highest BCUT2D eigenvalue weighted by atomic mass is 16.7. The molecule has 0 aromatic rings. The third-order valence-electron chi connectivity index (χ3n) is 2.18. The van der Waals surface area contributed by atoms with Crippen molar-refractivity contribution in [1.29, 1.82) is 0 Å². The van der Waals surface area contributed by atoms with E-state index < -0.39 is 0 Å². The zero-order valence-electron chi connectivity index (χ0n) is 7.46. The van der Waals surface area contributed by atoms with Crippen LogP contribution in [-0.4, -0.2) is 33.1 Å². The molecular weight excluding hydrogens is 142 g/mol. The van der Waals surface area contributed by atoms with Crippen LogP contribution in [0.5, 0.6) is 0 Å². The average Bonchev–Trinajstić information content (AvgIpc) is 2.69. The first-order valence-corrected chi connectivity index (χ1v) is 4.07. The fourth-order valence-corrected chi connectivity index (χ4v) is 1.12. The topological polar surface area (TPSA) is 30.5 Å². The lowest BCUT2D eigenvalue weighted by atomic mass is 10.4. The molecule has 0 radical (unpaired) electrons. The summed E-state index contributed by atoms with van der Waals surface area (Å²) in [6.45, 7) is 3.04. The molecule has 3 nitrogen and oxygen atoms in total. The molecule has 2 unspecified atom stereocenters. The first-order chi connectivity index (χ1) is 5.27. The summed E-state index contributed by atoms with van der Waals surface area (Å²) in [4.78, 5) is 0. The van der Waals surface area contributed by atoms with E-state index in [4.69, 9.17) is 9.47 Å². The Morgan fingerprint density at radius 1 is 1.45 bits per heavy atom. The third-order valence-corrected chi connectivity index (χ3v) is 2.18. The number of hydrogen-bond acceptors (Lipinski definition) is 3. The Bertz CT molecular complexity index is 115. The van der Waals surface area contributed by atoms with Crippen molar-refractivity contribution in [2.24, 2.45) is 5.92 Å². The van der Waals surface area contributed by atoms with Crippen molar-refractivity contribution in [3.05, 3.63) is 0 Å². The van der Waals surface area contributed by atoms with Gasteiger partial charge in [0.05, 0.1) is 0 Å². The monoisotopic (exact) mass is 159 g/mol. The third kappa shape index (κ3) is 2.77. The standard InChI is InChI=1S/C8H17NO2/c1-6-4-7(6)9-5-8(10-2)11-3/h6-9H,4-5H2,1-3H3. The molecule has 1 aliphatic carbocycles. The molecule has 66 valence electrons. The van der Waals surface area contributed by atoms with E-state index in [1.54, 1.807) is 14.2 Å². The van der Waals surface area contributed by atoms with Gasteiger partial charge in [-0.15, -0.1) is 0 Å². The molecular formula is C8H17NO2. The van der Waals surface area contributed by atoms with Gasteiger partial charge < -0.3 is 14.8 Å². The predicted octanol–water partition coefficient (Wildman–Crippen LogP) is 0.603. The van der Waals surface area contributed by atoms with Gasteiger partial charge >= 0.3 is 0 Å². The molecule has 3 heteroatoms. The van der Waals surface area contributed by atoms with Gasteiger partial charge in [0, 0.05) is 26.8 Å². The smallest absolute Gasteiger partial charge is 0.169 e. The van der Waals surface area contributed by atoms with Crippen LogP contribution in [0, 0.1) is 5.92 Å². The lowest BCUT2D eigenvalue weighted by Gasteiger charge is -2.13. The van der Waals surface area contributed by atoms with E-state index in [0.717, 1.165) is 12.5 Å². The van der Waals surface area contributed by atoms with E-state index in [-0.39, 0.29) is 6.29 Å². The summed E-state index contributed by atoms with van der Waals surface area (Å²) in [5, 5.41) is 3.36. The number of rotatable bonds is 5. The van der Waals surface area contributed by atoms with Crippen LogP contribution in [0.25, 0.3) is 0 Å². The molecule has 1 fully saturated rings. The van der Waals surface area contributed by atoms with Crippen LogP contribution in [-0.2, 0) is 9.47 Å². The first-order valence-electron chi connectivity index (χ1n) is 4.07. The molecule has 0 aromatic carbocycles. The molecule has 0 aliphatic heterocycles. The molecule has 0 heterocycles. The van der Waals surface area contributed by atoms with Crippen molar-refractivity contribution in [3.63, 3.8) is 0 Å². The van der Waals surface area contributed by atoms with Crippen molar-refractivity contribution in [2.75, 3.05) is 20.8 Å². The lowest BCUT2D eigenvalue weighted by Crippen LogP contribution is -2.31. The number of nitrogens with one attached hydrogen (secondary N) is 1. The maximum Gasteiger partial charge on any atom is 0.169 e. The highest BCUT2D eigenvalue weighted by Gasteiger charge is 2.32. The summed E-state index contributed by atoms with van der Waals surface area (Å²) < 4.78 is 10.1. The van der Waals surface area contributed by atoms with Crippen molar-refractivity contribution < 1.29 is 9.47 Å². The Kier molecular flexibility index (Phi) is 3.30. The van der Waals surface area contributed by atoms with E-state index >= 15 is 0 Å². The lowest BCUT2D eigenvalue weighted by molar-refractivity contribution is -0.0990. The Balaban J connectivity index is 2.01. The average molecular weight is 159 g/mol. The minimum absolute atomic E-state index is 0.0946. The molecule has 0 bridgehead atoms. The Labute approximate surface area is 68.1 Å². The molecule has 1 rings (SSSR count). The molecule has 2 atom stereocenters. The zero-order valence-corrected chi connectivity index (χ0v) is 7.46. The van der Waals surface area contributed by atoms with Crippen LogP contribution in [0.1, 0.15) is 13.3 Å². The van der Waals surface area contributed by atoms with Crippen LogP contribution in [0.4, 0.5) is 0 Å². The van der Waals surface area contributed by atoms with Crippen LogP contribution < -0.4 is 5.32 Å². The molecule has 0 saturated heterocycles. The highest BCUT2D eigenvalue weighted by Crippen LogP contribution is 2.28. The van der Waals surface area contributed by atoms with Crippen molar-refractivity contribution in [3.8, 4) is 0 Å². The molecule has 1 aliphatic rings. The Hall–Kier alpha value is -0.120. The van der Waals surface area contributed by atoms with Crippen LogP contribution in [0.2, 0.25) is 0 Å². The van der Waals surface area contributed by atoms with E-state index in [0.29, 0.717) is 6.04 Å². The fourth-order valence-electron chi connectivity index (χ4n) is 1.12. The van der Waals surface area contributed by atoms with Gasteiger partial charge in [0.25, 0.3) is 0 Å². The SMILES string of the molecule is COC(CNC1CC1C)OC. The van der Waals surface area contributed by atoms with E-state index in [1.165, 1.54) is 6.42 Å². The molecule has 1 saturated carbocycles. The summed E-state index contributed by atoms with van der Waals surface area (Å²) in [6.07, 6.45) is 1.20. The second-order valence-corrected chi connectivity index (χ2v) is 3.13. The largest absolute Gasteiger partial charge is 0.355 e. The van der Waals surface area contributed by atoms with Crippen LogP contribution in [0.3, 0.4) is 0 Å². The molecule has 0 aromatic heterocycles. The van der Waals surface area contributed by atoms with Gasteiger partial charge in [-0.25, -0.2) is 0 Å². The first kappa shape index (κ1) is 8.97. The van der Waals surface area contributed by atoms with E-state index in [2.05, 4.69) is 12.2 Å². The Morgan fingerprint density at radius 2 is 2.00 bits per heavy atom. The second kappa shape index (κ2) is 4.04. The number of ether oxygens (including phenoxy) is 2. The van der Waals surface area contributed by atoms with Crippen molar-refractivity contribution in [1.82, 2.24) is 5.32 Å². The molecule has 0 amide bonds. The molecule has 1 N–H and O–H groups in total. The minimum atomic E-state index is -0.0946. The summed E-state index contributed by atoms with van der Waals surface area (Å²) in [6, 6.07) is 0.697. The van der Waals surface area contributed by atoms with Gasteiger partial charge in [-0.1, -0.05) is 6.92 Å². The Morgan fingerprint density at radius 3 is 2.36 bits per heavy atom. The van der Waals surface area contributed by atoms with Gasteiger partial charge in [-0.3, -0.25) is 0 Å². The summed E-state index contributed by atoms with van der Waals surface area (Å²) in [7, 11) is 3.32. The highest BCUT2D eigenvalue weighted by molar-refractivity contribution is 4.89. The fraction of sp³-hybridized carbons (Fsp3) is 1.00. The van der Waals surface area contributed by atoms with Gasteiger partial charge in [-0.2, -0.15) is 0 Å². The van der Waals surface area contributed by atoms with E-state index in [1.807, 2.05) is 0 Å². The van der Waals surface area contributed by atoms with Crippen molar-refractivity contribution >= 4 is 0 Å². The van der Waals surface area contributed by atoms with E-state index in [9.17, 15) is 0 Å². The van der Waals surface area contributed by atoms with Gasteiger partial charge in [0.2, 0.25) is 0 Å². The van der Waals surface area contributed by atoms with Gasteiger partial charge in [0.1, 0.15) is 0 Å². The summed E-state index contributed by atoms with van der Waals surface area (Å²) in [5.41, 5.74) is 0. The van der Waals surface area contributed by atoms with Crippen molar-refractivity contribution in [2.45, 2.75) is 25.7 Å². The summed E-state index contributed by atoms with van der Waals surface area (Å²) in [5.74, 6) is 0.837. The summed E-state index contributed by atoms with van der Waals surface area (Å²) >= 11 is 0. The maximum atomic E-state index is 5.03. The number of hydrogen-bond donors (Lipinski definition) is 1. The maximum absolute atomic E-state index is 5.03. The normalized spacial score (nSPS) is 29.5. The van der Waals surface area contributed by atoms with Crippen LogP contribution >= 0.6 is 0 Å². The second-order valence-electron chi connectivity index (χ2n) is 3.13. The minimum Gasteiger partial charge on any atom is -0.355 e. The van der Waals surface area contributed by atoms with Gasteiger partial charge in [-0.05, 0) is 12.3 Å². The van der Waals surface area contributed by atoms with Gasteiger partial charge in [0.15, 0.2) is 6.29 Å².